The second-order valence-corrected chi connectivity index (χ2v) is 6.77. The Bertz CT molecular complexity index is 321. The Kier molecular flexibility index (Phi) is 3.54. The maximum absolute atomic E-state index is 4.34. The second-order valence-electron chi connectivity index (χ2n) is 5.80. The van der Waals surface area contributed by atoms with Crippen molar-refractivity contribution in [2.75, 3.05) is 0 Å². The molecule has 0 saturated carbocycles. The summed E-state index contributed by atoms with van der Waals surface area (Å²) in [5.74, 6) is 0. The summed E-state index contributed by atoms with van der Waals surface area (Å²) in [5.41, 5.74) is 0.300. The molecular weight excluding hydrogens is 204 g/mol. The van der Waals surface area contributed by atoms with Crippen LogP contribution in [-0.2, 0) is 10.8 Å². The summed E-state index contributed by atoms with van der Waals surface area (Å²) in [4.78, 5) is 0. The van der Waals surface area contributed by atoms with Gasteiger partial charge in [-0.3, -0.25) is 0 Å². The van der Waals surface area contributed by atoms with Gasteiger partial charge in [0.15, 0.2) is 0 Å². The van der Waals surface area contributed by atoms with Crippen LogP contribution >= 0.6 is 11.3 Å². The Balaban J connectivity index is 2.94. The molecule has 0 amide bonds. The molecule has 0 radical (unpaired) electrons. The van der Waals surface area contributed by atoms with Crippen LogP contribution in [0.5, 0.6) is 0 Å². The Morgan fingerprint density at radius 1 is 1.00 bits per heavy atom. The third kappa shape index (κ3) is 3.00. The predicted molar refractivity (Wildman–Crippen MR) is 66.5 cm³/mol. The molecule has 0 aliphatic heterocycles. The minimum atomic E-state index is 0.123. The molecule has 1 aromatic rings. The third-order valence-corrected chi connectivity index (χ3v) is 4.24. The van der Waals surface area contributed by atoms with Gasteiger partial charge in [-0.25, -0.2) is 0 Å². The lowest BCUT2D eigenvalue weighted by atomic mass is 9.89. The van der Waals surface area contributed by atoms with Gasteiger partial charge in [-0.1, -0.05) is 48.0 Å². The highest BCUT2D eigenvalue weighted by Gasteiger charge is 2.27. The van der Waals surface area contributed by atoms with E-state index >= 15 is 0 Å². The topological polar surface area (TPSA) is 25.8 Å². The van der Waals surface area contributed by atoms with Gasteiger partial charge in [-0.15, -0.1) is 21.5 Å². The summed E-state index contributed by atoms with van der Waals surface area (Å²) in [7, 11) is 0. The van der Waals surface area contributed by atoms with E-state index in [-0.39, 0.29) is 10.8 Å². The van der Waals surface area contributed by atoms with Gasteiger partial charge in [-0.05, 0) is 6.42 Å². The number of hydrogen-bond donors (Lipinski definition) is 0. The zero-order valence-corrected chi connectivity index (χ0v) is 11.5. The van der Waals surface area contributed by atoms with E-state index in [9.17, 15) is 0 Å². The van der Waals surface area contributed by atoms with E-state index in [1.54, 1.807) is 11.3 Å². The average Bonchev–Trinajstić information content (AvgIpc) is 2.50. The largest absolute Gasteiger partial charge is 0.143 e. The van der Waals surface area contributed by atoms with E-state index in [0.717, 1.165) is 5.01 Å². The first kappa shape index (κ1) is 12.6. The molecule has 0 aromatic carbocycles. The lowest BCUT2D eigenvalue weighted by molar-refractivity contribution is 0.466. The molecule has 0 spiro atoms. The summed E-state index contributed by atoms with van der Waals surface area (Å²) < 4.78 is 0. The fraction of sp³-hybridized carbons (Fsp3) is 0.833. The van der Waals surface area contributed by atoms with E-state index in [2.05, 4.69) is 51.7 Å². The summed E-state index contributed by atoms with van der Waals surface area (Å²) in [5, 5.41) is 11.0. The molecule has 2 nitrogen and oxygen atoms in total. The summed E-state index contributed by atoms with van der Waals surface area (Å²) >= 11 is 1.76. The molecule has 1 rings (SSSR count). The van der Waals surface area contributed by atoms with Crippen LogP contribution in [0.1, 0.15) is 64.4 Å². The minimum absolute atomic E-state index is 0.123. The van der Waals surface area contributed by atoms with Crippen LogP contribution in [0.25, 0.3) is 0 Å². The fourth-order valence-corrected chi connectivity index (χ4v) is 2.56. The standard InChI is InChI=1S/C12H22N2S/c1-7-8-12(5,6)10-14-13-9(15-10)11(2,3)4/h7-8H2,1-6H3. The van der Waals surface area contributed by atoms with Crippen molar-refractivity contribution in [2.24, 2.45) is 0 Å². The molecule has 0 atom stereocenters. The molecule has 0 N–H and O–H groups in total. The highest BCUT2D eigenvalue weighted by atomic mass is 32.1. The minimum Gasteiger partial charge on any atom is -0.143 e. The zero-order chi connectivity index (χ0) is 11.7. The van der Waals surface area contributed by atoms with E-state index in [1.807, 2.05) is 0 Å². The number of nitrogens with zero attached hydrogens (tertiary/aromatic N) is 2. The first-order chi connectivity index (χ1) is 6.77. The van der Waals surface area contributed by atoms with Gasteiger partial charge >= 0.3 is 0 Å². The summed E-state index contributed by atoms with van der Waals surface area (Å²) in [6.45, 7) is 13.3. The van der Waals surface area contributed by atoms with Gasteiger partial charge in [0.1, 0.15) is 10.0 Å². The molecule has 0 aliphatic carbocycles. The van der Waals surface area contributed by atoms with Crippen molar-refractivity contribution in [2.45, 2.75) is 65.2 Å². The van der Waals surface area contributed by atoms with E-state index in [1.165, 1.54) is 17.8 Å². The third-order valence-electron chi connectivity index (χ3n) is 2.52. The Labute approximate surface area is 97.1 Å². The van der Waals surface area contributed by atoms with Crippen molar-refractivity contribution in [3.63, 3.8) is 0 Å². The first-order valence-corrected chi connectivity index (χ1v) is 6.43. The van der Waals surface area contributed by atoms with Gasteiger partial charge in [0.25, 0.3) is 0 Å². The molecule has 0 saturated heterocycles. The van der Waals surface area contributed by atoms with Crippen LogP contribution in [0.2, 0.25) is 0 Å². The van der Waals surface area contributed by atoms with Crippen molar-refractivity contribution in [1.82, 2.24) is 10.2 Å². The Hall–Kier alpha value is -0.440. The highest BCUT2D eigenvalue weighted by Crippen LogP contribution is 2.34. The van der Waals surface area contributed by atoms with Crippen LogP contribution in [0.4, 0.5) is 0 Å². The van der Waals surface area contributed by atoms with Crippen LogP contribution in [0.3, 0.4) is 0 Å². The van der Waals surface area contributed by atoms with Gasteiger partial charge < -0.3 is 0 Å². The second kappa shape index (κ2) is 4.20. The lowest BCUT2D eigenvalue weighted by Crippen LogP contribution is -2.16. The van der Waals surface area contributed by atoms with E-state index in [4.69, 9.17) is 0 Å². The molecule has 1 heterocycles. The molecular formula is C12H22N2S. The quantitative estimate of drug-likeness (QED) is 0.781. The van der Waals surface area contributed by atoms with Gasteiger partial charge in [0, 0.05) is 10.8 Å². The van der Waals surface area contributed by atoms with Crippen LogP contribution in [0, 0.1) is 0 Å². The first-order valence-electron chi connectivity index (χ1n) is 5.62. The molecule has 0 fully saturated rings. The summed E-state index contributed by atoms with van der Waals surface area (Å²) in [6.07, 6.45) is 2.36. The van der Waals surface area contributed by atoms with Crippen molar-refractivity contribution < 1.29 is 0 Å². The number of aromatic nitrogens is 2. The van der Waals surface area contributed by atoms with Crippen LogP contribution in [0.15, 0.2) is 0 Å². The van der Waals surface area contributed by atoms with Crippen molar-refractivity contribution in [3.8, 4) is 0 Å². The van der Waals surface area contributed by atoms with Crippen molar-refractivity contribution in [1.29, 1.82) is 0 Å². The van der Waals surface area contributed by atoms with Crippen LogP contribution in [-0.4, -0.2) is 10.2 Å². The van der Waals surface area contributed by atoms with Gasteiger partial charge in [0.2, 0.25) is 0 Å². The van der Waals surface area contributed by atoms with Crippen LogP contribution < -0.4 is 0 Å². The van der Waals surface area contributed by atoms with E-state index < -0.39 is 0 Å². The molecule has 3 heteroatoms. The maximum atomic E-state index is 4.34. The molecule has 0 unspecified atom stereocenters. The molecule has 0 aliphatic rings. The molecule has 0 bridgehead atoms. The van der Waals surface area contributed by atoms with E-state index in [0.29, 0.717) is 0 Å². The lowest BCUT2D eigenvalue weighted by Gasteiger charge is -2.20. The SMILES string of the molecule is CCCC(C)(C)c1nnc(C(C)(C)C)s1. The zero-order valence-electron chi connectivity index (χ0n) is 10.7. The normalized spacial score (nSPS) is 13.2. The van der Waals surface area contributed by atoms with Crippen molar-refractivity contribution in [3.05, 3.63) is 10.0 Å². The Morgan fingerprint density at radius 2 is 1.53 bits per heavy atom. The smallest absolute Gasteiger partial charge is 0.123 e. The molecule has 86 valence electrons. The van der Waals surface area contributed by atoms with Gasteiger partial charge in [-0.2, -0.15) is 0 Å². The number of rotatable bonds is 3. The monoisotopic (exact) mass is 226 g/mol. The predicted octanol–water partition coefficient (Wildman–Crippen LogP) is 3.91. The van der Waals surface area contributed by atoms with Gasteiger partial charge in [0.05, 0.1) is 0 Å². The fourth-order valence-electron chi connectivity index (χ4n) is 1.53. The molecule has 15 heavy (non-hydrogen) atoms. The average molecular weight is 226 g/mol. The summed E-state index contributed by atoms with van der Waals surface area (Å²) in [6, 6.07) is 0. The van der Waals surface area contributed by atoms with Crippen molar-refractivity contribution >= 4 is 11.3 Å². The Morgan fingerprint density at radius 3 is 1.93 bits per heavy atom. The maximum Gasteiger partial charge on any atom is 0.123 e. The molecule has 1 aromatic heterocycles. The highest BCUT2D eigenvalue weighted by molar-refractivity contribution is 7.11. The number of hydrogen-bond acceptors (Lipinski definition) is 3.